The Morgan fingerprint density at radius 1 is 1.07 bits per heavy atom. The molecule has 0 radical (unpaired) electrons. The fraction of sp³-hybridized carbons (Fsp3) is 0.318. The number of pyridine rings is 1. The molecule has 152 valence electrons. The number of aromatic nitrogens is 1. The Bertz CT molecular complexity index is 1030. The van der Waals surface area contributed by atoms with Crippen molar-refractivity contribution in [2.45, 2.75) is 6.10 Å². The van der Waals surface area contributed by atoms with Crippen LogP contribution < -0.4 is 15.2 Å². The maximum Gasteiger partial charge on any atom is 0.248 e. The Labute approximate surface area is 174 Å². The zero-order valence-electron chi connectivity index (χ0n) is 16.1. The summed E-state index contributed by atoms with van der Waals surface area (Å²) in [5, 5.41) is 12.1. The van der Waals surface area contributed by atoms with E-state index in [0.717, 1.165) is 47.8 Å². The van der Waals surface area contributed by atoms with E-state index in [-0.39, 0.29) is 12.2 Å². The van der Waals surface area contributed by atoms with Crippen LogP contribution in [0.15, 0.2) is 59.4 Å². The van der Waals surface area contributed by atoms with Crippen molar-refractivity contribution in [3.8, 4) is 5.75 Å². The number of rotatable bonds is 6. The molecule has 3 aromatic rings. The van der Waals surface area contributed by atoms with Crippen LogP contribution in [0.2, 0.25) is 5.02 Å². The molecular weight excluding hydrogens is 390 g/mol. The number of para-hydroxylation sites is 1. The fourth-order valence-corrected chi connectivity index (χ4v) is 3.90. The van der Waals surface area contributed by atoms with Crippen molar-refractivity contribution in [2.75, 3.05) is 44.2 Å². The summed E-state index contributed by atoms with van der Waals surface area (Å²) >= 11 is 6.29. The Morgan fingerprint density at radius 2 is 1.86 bits per heavy atom. The minimum absolute atomic E-state index is 0.128. The molecule has 7 heteroatoms. The third-order valence-corrected chi connectivity index (χ3v) is 5.49. The van der Waals surface area contributed by atoms with Crippen LogP contribution >= 0.6 is 11.6 Å². The second-order valence-corrected chi connectivity index (χ2v) is 7.68. The van der Waals surface area contributed by atoms with E-state index >= 15 is 0 Å². The van der Waals surface area contributed by atoms with E-state index in [1.807, 2.05) is 36.4 Å². The summed E-state index contributed by atoms with van der Waals surface area (Å²) in [5.41, 5.74) is 1.70. The minimum atomic E-state index is -0.576. The molecule has 1 aliphatic heterocycles. The first kappa shape index (κ1) is 19.8. The standard InChI is InChI=1S/C22H24ClN3O3/c23-19-3-1-2-4-21(19)26-11-9-25(10-12-26)14-17(27)15-29-18-6-7-20-16(13-18)5-8-22(28)24-20/h1-8,13,17,27H,9-12,14-15H2,(H,24,28)/t17-/m0/s1. The number of hydrogen-bond acceptors (Lipinski definition) is 5. The fourth-order valence-electron chi connectivity index (χ4n) is 3.64. The number of aliphatic hydroxyl groups excluding tert-OH is 1. The second kappa shape index (κ2) is 8.86. The van der Waals surface area contributed by atoms with Gasteiger partial charge in [-0.2, -0.15) is 0 Å². The highest BCUT2D eigenvalue weighted by Crippen LogP contribution is 2.26. The minimum Gasteiger partial charge on any atom is -0.491 e. The van der Waals surface area contributed by atoms with Crippen molar-refractivity contribution < 1.29 is 9.84 Å². The largest absolute Gasteiger partial charge is 0.491 e. The number of fused-ring (bicyclic) bond motifs is 1. The highest BCUT2D eigenvalue weighted by Gasteiger charge is 2.20. The molecule has 4 rings (SSSR count). The molecule has 0 spiro atoms. The topological polar surface area (TPSA) is 68.8 Å². The molecule has 2 aromatic carbocycles. The van der Waals surface area contributed by atoms with Crippen LogP contribution in [0.5, 0.6) is 5.75 Å². The average molecular weight is 414 g/mol. The van der Waals surface area contributed by atoms with Gasteiger partial charge < -0.3 is 19.7 Å². The van der Waals surface area contributed by atoms with Gasteiger partial charge in [0.1, 0.15) is 18.5 Å². The lowest BCUT2D eigenvalue weighted by Gasteiger charge is -2.37. The number of ether oxygens (including phenoxy) is 1. The summed E-state index contributed by atoms with van der Waals surface area (Å²) in [6.07, 6.45) is -0.576. The van der Waals surface area contributed by atoms with E-state index in [9.17, 15) is 9.90 Å². The number of benzene rings is 2. The van der Waals surface area contributed by atoms with Gasteiger partial charge in [-0.25, -0.2) is 0 Å². The van der Waals surface area contributed by atoms with Gasteiger partial charge >= 0.3 is 0 Å². The van der Waals surface area contributed by atoms with E-state index in [4.69, 9.17) is 16.3 Å². The highest BCUT2D eigenvalue weighted by molar-refractivity contribution is 6.33. The molecule has 1 fully saturated rings. The van der Waals surface area contributed by atoms with Gasteiger partial charge in [-0.15, -0.1) is 0 Å². The smallest absolute Gasteiger partial charge is 0.248 e. The van der Waals surface area contributed by atoms with Crippen molar-refractivity contribution >= 4 is 28.2 Å². The van der Waals surface area contributed by atoms with Crippen LogP contribution in [0.1, 0.15) is 0 Å². The highest BCUT2D eigenvalue weighted by atomic mass is 35.5. The molecule has 2 heterocycles. The van der Waals surface area contributed by atoms with Crippen molar-refractivity contribution in [1.82, 2.24) is 9.88 Å². The maximum atomic E-state index is 11.4. The summed E-state index contributed by atoms with van der Waals surface area (Å²) in [5.74, 6) is 0.673. The molecule has 0 bridgehead atoms. The lowest BCUT2D eigenvalue weighted by Crippen LogP contribution is -2.49. The summed E-state index contributed by atoms with van der Waals surface area (Å²) in [6, 6.07) is 16.6. The Balaban J connectivity index is 1.26. The number of aliphatic hydroxyl groups is 1. The molecule has 1 saturated heterocycles. The number of anilines is 1. The number of nitrogens with zero attached hydrogens (tertiary/aromatic N) is 2. The SMILES string of the molecule is O=c1ccc2cc(OC[C@@H](O)CN3CCN(c4ccccc4Cl)CC3)ccc2[nH]1. The third-order valence-electron chi connectivity index (χ3n) is 5.17. The molecule has 29 heavy (non-hydrogen) atoms. The van der Waals surface area contributed by atoms with Gasteiger partial charge in [0.15, 0.2) is 0 Å². The van der Waals surface area contributed by atoms with E-state index in [0.29, 0.717) is 12.3 Å². The van der Waals surface area contributed by atoms with Gasteiger partial charge in [-0.3, -0.25) is 9.69 Å². The lowest BCUT2D eigenvalue weighted by molar-refractivity contribution is 0.0663. The Hall–Kier alpha value is -2.54. The van der Waals surface area contributed by atoms with Crippen molar-refractivity contribution in [3.05, 3.63) is 70.0 Å². The summed E-state index contributed by atoms with van der Waals surface area (Å²) < 4.78 is 5.76. The molecule has 6 nitrogen and oxygen atoms in total. The van der Waals surface area contributed by atoms with Crippen LogP contribution in [0.25, 0.3) is 10.9 Å². The predicted molar refractivity (Wildman–Crippen MR) is 116 cm³/mol. The molecule has 0 saturated carbocycles. The zero-order chi connectivity index (χ0) is 20.2. The van der Waals surface area contributed by atoms with Gasteiger partial charge in [0.2, 0.25) is 5.56 Å². The zero-order valence-corrected chi connectivity index (χ0v) is 16.8. The quantitative estimate of drug-likeness (QED) is 0.650. The summed E-state index contributed by atoms with van der Waals surface area (Å²) in [7, 11) is 0. The Kier molecular flexibility index (Phi) is 6.04. The molecular formula is C22H24ClN3O3. The lowest BCUT2D eigenvalue weighted by atomic mass is 10.2. The number of H-pyrrole nitrogens is 1. The van der Waals surface area contributed by atoms with Crippen LogP contribution in [0.4, 0.5) is 5.69 Å². The second-order valence-electron chi connectivity index (χ2n) is 7.28. The molecule has 0 unspecified atom stereocenters. The average Bonchev–Trinajstić information content (AvgIpc) is 2.73. The molecule has 0 amide bonds. The number of hydrogen-bond donors (Lipinski definition) is 2. The molecule has 0 aliphatic carbocycles. The molecule has 2 N–H and O–H groups in total. The van der Waals surface area contributed by atoms with Crippen LogP contribution in [0, 0.1) is 0 Å². The predicted octanol–water partition coefficient (Wildman–Crippen LogP) is 2.74. The van der Waals surface area contributed by atoms with Gasteiger partial charge in [0.05, 0.1) is 10.7 Å². The van der Waals surface area contributed by atoms with E-state index in [1.165, 1.54) is 6.07 Å². The normalized spacial score (nSPS) is 16.1. The number of piperazine rings is 1. The monoisotopic (exact) mass is 413 g/mol. The Morgan fingerprint density at radius 3 is 2.66 bits per heavy atom. The summed E-state index contributed by atoms with van der Waals surface area (Å²) in [6.45, 7) is 4.27. The van der Waals surface area contributed by atoms with Crippen LogP contribution in [0.3, 0.4) is 0 Å². The number of aromatic amines is 1. The van der Waals surface area contributed by atoms with Gasteiger partial charge in [0.25, 0.3) is 0 Å². The summed E-state index contributed by atoms with van der Waals surface area (Å²) in [4.78, 5) is 18.7. The van der Waals surface area contributed by atoms with Crippen molar-refractivity contribution in [2.24, 2.45) is 0 Å². The van der Waals surface area contributed by atoms with Crippen LogP contribution in [-0.4, -0.2) is 60.4 Å². The number of halogens is 1. The molecule has 1 aromatic heterocycles. The van der Waals surface area contributed by atoms with E-state index < -0.39 is 6.10 Å². The third kappa shape index (κ3) is 4.90. The first-order valence-electron chi connectivity index (χ1n) is 9.74. The maximum absolute atomic E-state index is 11.4. The number of β-amino-alcohol motifs (C(OH)–C–C–N with tert-alkyl or cyclic N) is 1. The van der Waals surface area contributed by atoms with Crippen LogP contribution in [-0.2, 0) is 0 Å². The number of nitrogens with one attached hydrogen (secondary N) is 1. The molecule has 1 aliphatic rings. The first-order chi connectivity index (χ1) is 14.1. The van der Waals surface area contributed by atoms with E-state index in [1.54, 1.807) is 12.1 Å². The molecule has 1 atom stereocenters. The van der Waals surface area contributed by atoms with Gasteiger partial charge in [-0.1, -0.05) is 23.7 Å². The van der Waals surface area contributed by atoms with Gasteiger partial charge in [0, 0.05) is 49.7 Å². The van der Waals surface area contributed by atoms with Gasteiger partial charge in [-0.05, 0) is 36.4 Å². The van der Waals surface area contributed by atoms with Crippen molar-refractivity contribution in [3.63, 3.8) is 0 Å². The first-order valence-corrected chi connectivity index (χ1v) is 10.1. The van der Waals surface area contributed by atoms with Crippen molar-refractivity contribution in [1.29, 1.82) is 0 Å². The van der Waals surface area contributed by atoms with E-state index in [2.05, 4.69) is 14.8 Å².